The highest BCUT2D eigenvalue weighted by Gasteiger charge is 2.37. The monoisotopic (exact) mass is 482 g/mol. The van der Waals surface area contributed by atoms with Crippen molar-refractivity contribution in [1.82, 2.24) is 9.80 Å². The minimum absolute atomic E-state index is 0.192. The number of amides is 3. The van der Waals surface area contributed by atoms with E-state index in [0.29, 0.717) is 37.6 Å². The summed E-state index contributed by atoms with van der Waals surface area (Å²) >= 11 is 0.805. The van der Waals surface area contributed by atoms with Crippen molar-refractivity contribution in [1.29, 1.82) is 0 Å². The zero-order valence-corrected chi connectivity index (χ0v) is 19.0. The molecule has 34 heavy (non-hydrogen) atoms. The van der Waals surface area contributed by atoms with Crippen LogP contribution in [0, 0.1) is 0 Å². The number of hydrogen-bond acceptors (Lipinski definition) is 7. The van der Waals surface area contributed by atoms with E-state index in [9.17, 15) is 19.2 Å². The largest absolute Gasteiger partial charge is 0.489 e. The number of imide groups is 1. The molecule has 1 N–H and O–H groups in total. The molecule has 176 valence electrons. The van der Waals surface area contributed by atoms with Crippen molar-refractivity contribution in [2.45, 2.75) is 6.61 Å². The van der Waals surface area contributed by atoms with Crippen molar-refractivity contribution in [3.63, 3.8) is 0 Å². The lowest BCUT2D eigenvalue weighted by atomic mass is 10.1. The second kappa shape index (κ2) is 10.5. The molecule has 4 rings (SSSR count). The standard InChI is InChI=1S/C24H22N2O7S/c27-21(25-8-10-32-11-9-25)14-26-22(28)20(34-24(26)31)13-16-4-6-19(7-5-16)33-15-17-2-1-3-18(12-17)23(29)30/h1-7,12-13H,8-11,14-15H2,(H,29,30)/b20-13+. The first kappa shape index (κ1) is 23.5. The first-order chi connectivity index (χ1) is 16.4. The number of carbonyl (C=O) groups excluding carboxylic acids is 3. The van der Waals surface area contributed by atoms with Gasteiger partial charge in [0.25, 0.3) is 11.1 Å². The molecule has 9 nitrogen and oxygen atoms in total. The van der Waals surface area contributed by atoms with Gasteiger partial charge in [-0.2, -0.15) is 0 Å². The van der Waals surface area contributed by atoms with Crippen molar-refractivity contribution in [2.24, 2.45) is 0 Å². The Morgan fingerprint density at radius 1 is 1.09 bits per heavy atom. The van der Waals surface area contributed by atoms with Crippen molar-refractivity contribution in [3.05, 3.63) is 70.1 Å². The fourth-order valence-corrected chi connectivity index (χ4v) is 4.30. The number of hydrogen-bond donors (Lipinski definition) is 1. The quantitative estimate of drug-likeness (QED) is 0.600. The van der Waals surface area contributed by atoms with Crippen LogP contribution in [-0.2, 0) is 20.9 Å². The lowest BCUT2D eigenvalue weighted by Gasteiger charge is -2.28. The third kappa shape index (κ3) is 5.64. The Kier molecular flexibility index (Phi) is 7.29. The molecule has 2 aromatic carbocycles. The summed E-state index contributed by atoms with van der Waals surface area (Å²) in [5, 5.41) is 8.61. The van der Waals surface area contributed by atoms with Crippen LogP contribution in [0.3, 0.4) is 0 Å². The molecular formula is C24H22N2O7S. The number of benzene rings is 2. The van der Waals surface area contributed by atoms with E-state index in [1.54, 1.807) is 53.4 Å². The van der Waals surface area contributed by atoms with Gasteiger partial charge in [-0.1, -0.05) is 24.3 Å². The Morgan fingerprint density at radius 3 is 2.53 bits per heavy atom. The van der Waals surface area contributed by atoms with E-state index in [0.717, 1.165) is 22.2 Å². The molecule has 0 bridgehead atoms. The van der Waals surface area contributed by atoms with Gasteiger partial charge in [0.05, 0.1) is 23.7 Å². The molecule has 0 aliphatic carbocycles. The second-order valence-corrected chi connectivity index (χ2v) is 8.62. The Labute approximate surface area is 199 Å². The number of aromatic carboxylic acids is 1. The summed E-state index contributed by atoms with van der Waals surface area (Å²) in [4.78, 5) is 51.3. The van der Waals surface area contributed by atoms with E-state index < -0.39 is 17.1 Å². The van der Waals surface area contributed by atoms with Gasteiger partial charge in [0.2, 0.25) is 5.91 Å². The summed E-state index contributed by atoms with van der Waals surface area (Å²) in [6.45, 7) is 1.72. The smallest absolute Gasteiger partial charge is 0.335 e. The third-order valence-electron chi connectivity index (χ3n) is 5.29. The SMILES string of the molecule is O=C(O)c1cccc(COc2ccc(/C=C3/SC(=O)N(CC(=O)N4CCOCC4)C3=O)cc2)c1. The fraction of sp³-hybridized carbons (Fsp3) is 0.250. The minimum atomic E-state index is -0.999. The summed E-state index contributed by atoms with van der Waals surface area (Å²) in [5.41, 5.74) is 1.62. The molecule has 0 saturated carbocycles. The lowest BCUT2D eigenvalue weighted by molar-refractivity contribution is -0.139. The predicted octanol–water partition coefficient (Wildman–Crippen LogP) is 2.86. The normalized spacial score (nSPS) is 17.4. The molecule has 0 radical (unpaired) electrons. The first-order valence-corrected chi connectivity index (χ1v) is 11.4. The average molecular weight is 483 g/mol. The maximum absolute atomic E-state index is 12.7. The molecule has 10 heteroatoms. The van der Waals surface area contributed by atoms with E-state index in [2.05, 4.69) is 0 Å². The van der Waals surface area contributed by atoms with Crippen LogP contribution >= 0.6 is 11.8 Å². The van der Waals surface area contributed by atoms with Gasteiger partial charge in [0.15, 0.2) is 0 Å². The van der Waals surface area contributed by atoms with E-state index in [-0.39, 0.29) is 29.5 Å². The molecular weight excluding hydrogens is 460 g/mol. The summed E-state index contributed by atoms with van der Waals surface area (Å²) in [6, 6.07) is 13.4. The van der Waals surface area contributed by atoms with Gasteiger partial charge in [0, 0.05) is 13.1 Å². The van der Waals surface area contributed by atoms with E-state index in [1.165, 1.54) is 6.07 Å². The van der Waals surface area contributed by atoms with Gasteiger partial charge < -0.3 is 19.5 Å². The Balaban J connectivity index is 1.36. The van der Waals surface area contributed by atoms with Crippen LogP contribution in [-0.4, -0.2) is 70.8 Å². The molecule has 2 aliphatic rings. The van der Waals surface area contributed by atoms with Crippen molar-refractivity contribution >= 4 is 40.9 Å². The highest BCUT2D eigenvalue weighted by molar-refractivity contribution is 8.18. The number of thioether (sulfide) groups is 1. The summed E-state index contributed by atoms with van der Waals surface area (Å²) in [7, 11) is 0. The van der Waals surface area contributed by atoms with Crippen molar-refractivity contribution in [2.75, 3.05) is 32.8 Å². The van der Waals surface area contributed by atoms with E-state index in [4.69, 9.17) is 14.6 Å². The summed E-state index contributed by atoms with van der Waals surface area (Å²) in [5.74, 6) is -1.19. The zero-order valence-electron chi connectivity index (χ0n) is 18.1. The summed E-state index contributed by atoms with van der Waals surface area (Å²) in [6.07, 6.45) is 1.60. The molecule has 2 fully saturated rings. The number of ether oxygens (including phenoxy) is 2. The van der Waals surface area contributed by atoms with E-state index in [1.807, 2.05) is 0 Å². The highest BCUT2D eigenvalue weighted by atomic mass is 32.2. The van der Waals surface area contributed by atoms with Crippen LogP contribution in [0.1, 0.15) is 21.5 Å². The van der Waals surface area contributed by atoms with Gasteiger partial charge in [-0.25, -0.2) is 4.79 Å². The molecule has 2 saturated heterocycles. The maximum Gasteiger partial charge on any atom is 0.335 e. The number of carbonyl (C=O) groups is 4. The Hall–Kier alpha value is -3.63. The third-order valence-corrected chi connectivity index (χ3v) is 6.20. The van der Waals surface area contributed by atoms with Crippen LogP contribution in [0.15, 0.2) is 53.4 Å². The fourth-order valence-electron chi connectivity index (χ4n) is 3.46. The van der Waals surface area contributed by atoms with Gasteiger partial charge in [-0.3, -0.25) is 19.3 Å². The van der Waals surface area contributed by atoms with Gasteiger partial charge in [-0.15, -0.1) is 0 Å². The van der Waals surface area contributed by atoms with Crippen LogP contribution in [0.2, 0.25) is 0 Å². The lowest BCUT2D eigenvalue weighted by Crippen LogP contribution is -2.46. The highest BCUT2D eigenvalue weighted by Crippen LogP contribution is 2.32. The molecule has 2 aliphatic heterocycles. The van der Waals surface area contributed by atoms with Crippen LogP contribution < -0.4 is 4.74 Å². The first-order valence-electron chi connectivity index (χ1n) is 10.6. The number of morpholine rings is 1. The average Bonchev–Trinajstić information content (AvgIpc) is 3.11. The maximum atomic E-state index is 12.7. The molecule has 0 atom stereocenters. The molecule has 3 amide bonds. The molecule has 2 aromatic rings. The van der Waals surface area contributed by atoms with Gasteiger partial charge >= 0.3 is 5.97 Å². The van der Waals surface area contributed by atoms with Gasteiger partial charge in [0.1, 0.15) is 18.9 Å². The van der Waals surface area contributed by atoms with Crippen molar-refractivity contribution < 1.29 is 33.8 Å². The van der Waals surface area contributed by atoms with Crippen LogP contribution in [0.4, 0.5) is 4.79 Å². The number of carboxylic acids is 1. The second-order valence-electron chi connectivity index (χ2n) is 7.62. The molecule has 0 spiro atoms. The number of rotatable bonds is 7. The molecule has 2 heterocycles. The van der Waals surface area contributed by atoms with Crippen molar-refractivity contribution in [3.8, 4) is 5.75 Å². The van der Waals surface area contributed by atoms with Crippen LogP contribution in [0.25, 0.3) is 6.08 Å². The topological polar surface area (TPSA) is 113 Å². The molecule has 0 aromatic heterocycles. The van der Waals surface area contributed by atoms with E-state index >= 15 is 0 Å². The summed E-state index contributed by atoms with van der Waals surface area (Å²) < 4.78 is 10.9. The zero-order chi connectivity index (χ0) is 24.1. The Morgan fingerprint density at radius 2 is 1.82 bits per heavy atom. The molecule has 0 unspecified atom stereocenters. The number of nitrogens with zero attached hydrogens (tertiary/aromatic N) is 2. The minimum Gasteiger partial charge on any atom is -0.489 e. The Bertz CT molecular complexity index is 1140. The van der Waals surface area contributed by atoms with Gasteiger partial charge in [-0.05, 0) is 53.2 Å². The number of carboxylic acid groups (broad SMARTS) is 1. The van der Waals surface area contributed by atoms with Crippen LogP contribution in [0.5, 0.6) is 5.75 Å². The predicted molar refractivity (Wildman–Crippen MR) is 124 cm³/mol.